The summed E-state index contributed by atoms with van der Waals surface area (Å²) in [5, 5.41) is 4.81. The highest BCUT2D eigenvalue weighted by atomic mass is 15.1. The Bertz CT molecular complexity index is 831. The molecule has 4 nitrogen and oxygen atoms in total. The highest BCUT2D eigenvalue weighted by molar-refractivity contribution is 5.79. The van der Waals surface area contributed by atoms with Gasteiger partial charge in [0.25, 0.3) is 0 Å². The van der Waals surface area contributed by atoms with E-state index in [9.17, 15) is 0 Å². The van der Waals surface area contributed by atoms with Gasteiger partial charge in [0.05, 0.1) is 0 Å². The Hall–Kier alpha value is -2.33. The maximum atomic E-state index is 4.36. The largest absolute Gasteiger partial charge is 0.381 e. The summed E-state index contributed by atoms with van der Waals surface area (Å²) >= 11 is 0. The normalized spacial score (nSPS) is 15.2. The van der Waals surface area contributed by atoms with E-state index in [1.807, 2.05) is 12.4 Å². The average molecular weight is 320 g/mol. The third kappa shape index (κ3) is 3.15. The Morgan fingerprint density at radius 3 is 2.92 bits per heavy atom. The lowest BCUT2D eigenvalue weighted by Gasteiger charge is -2.17. The van der Waals surface area contributed by atoms with E-state index in [-0.39, 0.29) is 0 Å². The highest BCUT2D eigenvalue weighted by Gasteiger charge is 2.12. The van der Waals surface area contributed by atoms with Crippen LogP contribution >= 0.6 is 0 Å². The van der Waals surface area contributed by atoms with Gasteiger partial charge < -0.3 is 10.3 Å². The Morgan fingerprint density at radius 2 is 2.04 bits per heavy atom. The summed E-state index contributed by atoms with van der Waals surface area (Å²) in [6, 6.07) is 11.0. The van der Waals surface area contributed by atoms with Gasteiger partial charge in [-0.15, -0.1) is 0 Å². The first kappa shape index (κ1) is 15.2. The number of pyridine rings is 1. The summed E-state index contributed by atoms with van der Waals surface area (Å²) in [6.07, 6.45) is 6.49. The van der Waals surface area contributed by atoms with Crippen LogP contribution in [0.25, 0.3) is 11.0 Å². The molecule has 124 valence electrons. The molecule has 0 unspecified atom stereocenters. The molecule has 1 fully saturated rings. The number of hydrogen-bond acceptors (Lipinski definition) is 3. The number of nitrogens with zero attached hydrogens (tertiary/aromatic N) is 2. The minimum atomic E-state index is 0.810. The second-order valence-corrected chi connectivity index (χ2v) is 6.70. The maximum Gasteiger partial charge on any atom is 0.137 e. The first-order valence-corrected chi connectivity index (χ1v) is 8.76. The van der Waals surface area contributed by atoms with Crippen molar-refractivity contribution in [2.45, 2.75) is 32.9 Å². The van der Waals surface area contributed by atoms with Gasteiger partial charge >= 0.3 is 0 Å². The molecule has 0 spiro atoms. The quantitative estimate of drug-likeness (QED) is 0.744. The predicted octanol–water partition coefficient (Wildman–Crippen LogP) is 4.08. The van der Waals surface area contributed by atoms with Crippen LogP contribution in [0.1, 0.15) is 29.5 Å². The molecule has 0 amide bonds. The van der Waals surface area contributed by atoms with Crippen LogP contribution in [-0.2, 0) is 13.1 Å². The van der Waals surface area contributed by atoms with E-state index in [0.29, 0.717) is 0 Å². The number of aryl methyl sites for hydroxylation is 1. The lowest BCUT2D eigenvalue weighted by molar-refractivity contribution is 0.331. The van der Waals surface area contributed by atoms with E-state index < -0.39 is 0 Å². The van der Waals surface area contributed by atoms with E-state index in [1.54, 1.807) is 0 Å². The van der Waals surface area contributed by atoms with Crippen molar-refractivity contribution in [3.05, 3.63) is 59.4 Å². The smallest absolute Gasteiger partial charge is 0.137 e. The minimum absolute atomic E-state index is 0.810. The van der Waals surface area contributed by atoms with E-state index in [1.165, 1.54) is 53.7 Å². The molecule has 3 heterocycles. The SMILES string of the molecule is Cc1ccc(CN2CCCC2)cc1NCc1ccnc2[nH]ccc12. The summed E-state index contributed by atoms with van der Waals surface area (Å²) < 4.78 is 0. The van der Waals surface area contributed by atoms with Crippen molar-refractivity contribution in [3.8, 4) is 0 Å². The van der Waals surface area contributed by atoms with Crippen molar-refractivity contribution in [3.63, 3.8) is 0 Å². The number of aromatic amines is 1. The van der Waals surface area contributed by atoms with E-state index in [0.717, 1.165) is 18.7 Å². The number of aromatic nitrogens is 2. The summed E-state index contributed by atoms with van der Waals surface area (Å²) in [6.45, 7) is 6.51. The molecular weight excluding hydrogens is 296 g/mol. The fourth-order valence-electron chi connectivity index (χ4n) is 3.52. The Balaban J connectivity index is 1.50. The Labute approximate surface area is 142 Å². The van der Waals surface area contributed by atoms with Gasteiger partial charge in [-0.05, 0) is 67.7 Å². The average Bonchev–Trinajstić information content (AvgIpc) is 3.26. The van der Waals surface area contributed by atoms with Gasteiger partial charge in [-0.3, -0.25) is 4.90 Å². The summed E-state index contributed by atoms with van der Waals surface area (Å²) in [7, 11) is 0. The van der Waals surface area contributed by atoms with Gasteiger partial charge in [0.15, 0.2) is 0 Å². The zero-order valence-corrected chi connectivity index (χ0v) is 14.2. The summed E-state index contributed by atoms with van der Waals surface area (Å²) in [5.41, 5.74) is 6.14. The minimum Gasteiger partial charge on any atom is -0.381 e. The van der Waals surface area contributed by atoms with Gasteiger partial charge in [0.2, 0.25) is 0 Å². The zero-order chi connectivity index (χ0) is 16.4. The third-order valence-corrected chi connectivity index (χ3v) is 4.93. The van der Waals surface area contributed by atoms with Crippen LogP contribution in [0.3, 0.4) is 0 Å². The summed E-state index contributed by atoms with van der Waals surface area (Å²) in [5.74, 6) is 0. The van der Waals surface area contributed by atoms with Crippen LogP contribution in [0.4, 0.5) is 5.69 Å². The third-order valence-electron chi connectivity index (χ3n) is 4.93. The number of nitrogens with one attached hydrogen (secondary N) is 2. The lowest BCUT2D eigenvalue weighted by Crippen LogP contribution is -2.18. The Kier molecular flexibility index (Phi) is 4.22. The molecule has 24 heavy (non-hydrogen) atoms. The molecule has 1 aromatic carbocycles. The molecule has 4 rings (SSSR count). The molecule has 0 aliphatic carbocycles. The van der Waals surface area contributed by atoms with Crippen molar-refractivity contribution in [2.24, 2.45) is 0 Å². The Morgan fingerprint density at radius 1 is 1.17 bits per heavy atom. The maximum absolute atomic E-state index is 4.36. The molecule has 0 radical (unpaired) electrons. The van der Waals surface area contributed by atoms with Crippen molar-refractivity contribution in [1.82, 2.24) is 14.9 Å². The first-order chi connectivity index (χ1) is 11.8. The number of H-pyrrole nitrogens is 1. The number of hydrogen-bond donors (Lipinski definition) is 2. The molecule has 1 aliphatic heterocycles. The first-order valence-electron chi connectivity index (χ1n) is 8.76. The topological polar surface area (TPSA) is 44.0 Å². The zero-order valence-electron chi connectivity index (χ0n) is 14.2. The van der Waals surface area contributed by atoms with Crippen LogP contribution in [0.15, 0.2) is 42.7 Å². The molecule has 4 heteroatoms. The van der Waals surface area contributed by atoms with Gasteiger partial charge in [-0.2, -0.15) is 0 Å². The van der Waals surface area contributed by atoms with Crippen LogP contribution < -0.4 is 5.32 Å². The number of benzene rings is 1. The number of anilines is 1. The van der Waals surface area contributed by atoms with Crippen LogP contribution in [0, 0.1) is 6.92 Å². The standard InChI is InChI=1S/C20H24N4/c1-15-4-5-16(14-24-10-2-3-11-24)12-19(15)23-13-17-6-8-21-20-18(17)7-9-22-20/h4-9,12,23H,2-3,10-11,13-14H2,1H3,(H,21,22). The van der Waals surface area contributed by atoms with Gasteiger partial charge in [-0.25, -0.2) is 4.98 Å². The van der Waals surface area contributed by atoms with Crippen molar-refractivity contribution >= 4 is 16.7 Å². The monoisotopic (exact) mass is 320 g/mol. The molecule has 0 atom stereocenters. The second-order valence-electron chi connectivity index (χ2n) is 6.70. The number of fused-ring (bicyclic) bond motifs is 1. The van der Waals surface area contributed by atoms with Gasteiger partial charge in [0, 0.05) is 36.6 Å². The number of likely N-dealkylation sites (tertiary alicyclic amines) is 1. The summed E-state index contributed by atoms with van der Waals surface area (Å²) in [4.78, 5) is 10.1. The highest BCUT2D eigenvalue weighted by Crippen LogP contribution is 2.22. The van der Waals surface area contributed by atoms with E-state index in [2.05, 4.69) is 57.4 Å². The molecule has 1 aliphatic rings. The molecular formula is C20H24N4. The predicted molar refractivity (Wildman–Crippen MR) is 99.1 cm³/mol. The van der Waals surface area contributed by atoms with Crippen molar-refractivity contribution < 1.29 is 0 Å². The molecule has 3 aromatic rings. The second kappa shape index (κ2) is 6.65. The molecule has 1 saturated heterocycles. The van der Waals surface area contributed by atoms with Crippen molar-refractivity contribution in [2.75, 3.05) is 18.4 Å². The molecule has 0 bridgehead atoms. The van der Waals surface area contributed by atoms with Crippen LogP contribution in [0.2, 0.25) is 0 Å². The lowest BCUT2D eigenvalue weighted by atomic mass is 10.1. The van der Waals surface area contributed by atoms with Crippen LogP contribution in [0.5, 0.6) is 0 Å². The van der Waals surface area contributed by atoms with E-state index in [4.69, 9.17) is 0 Å². The molecule has 2 N–H and O–H groups in total. The van der Waals surface area contributed by atoms with Gasteiger partial charge in [0.1, 0.15) is 5.65 Å². The fraction of sp³-hybridized carbons (Fsp3) is 0.350. The van der Waals surface area contributed by atoms with Gasteiger partial charge in [-0.1, -0.05) is 12.1 Å². The molecule has 0 saturated carbocycles. The fourth-order valence-corrected chi connectivity index (χ4v) is 3.52. The van der Waals surface area contributed by atoms with Crippen LogP contribution in [-0.4, -0.2) is 28.0 Å². The van der Waals surface area contributed by atoms with E-state index >= 15 is 0 Å². The number of rotatable bonds is 5. The van der Waals surface area contributed by atoms with Crippen molar-refractivity contribution in [1.29, 1.82) is 0 Å². The molecule has 2 aromatic heterocycles.